The van der Waals surface area contributed by atoms with Gasteiger partial charge in [-0.2, -0.15) is 0 Å². The van der Waals surface area contributed by atoms with E-state index in [-0.39, 0.29) is 24.3 Å². The predicted octanol–water partition coefficient (Wildman–Crippen LogP) is 2.20. The molecular formula is C29H33FN8O3. The first-order chi connectivity index (χ1) is 19.9. The normalized spacial score (nSPS) is 19.7. The molecule has 0 aromatic carbocycles. The fourth-order valence-corrected chi connectivity index (χ4v) is 5.97. The summed E-state index contributed by atoms with van der Waals surface area (Å²) >= 11 is 0. The van der Waals surface area contributed by atoms with E-state index in [2.05, 4.69) is 20.9 Å². The molecule has 0 spiro atoms. The number of nitrogens with two attached hydrogens (primary N) is 1. The van der Waals surface area contributed by atoms with Crippen LogP contribution in [-0.4, -0.2) is 79.8 Å². The number of rotatable bonds is 9. The van der Waals surface area contributed by atoms with Crippen molar-refractivity contribution in [2.24, 2.45) is 24.6 Å². The van der Waals surface area contributed by atoms with Crippen LogP contribution in [0.3, 0.4) is 0 Å². The third-order valence-corrected chi connectivity index (χ3v) is 8.37. The fraction of sp³-hybridized carbons (Fsp3) is 0.483. The van der Waals surface area contributed by atoms with Crippen molar-refractivity contribution in [2.75, 3.05) is 32.9 Å². The maximum Gasteiger partial charge on any atom is 0.255 e. The van der Waals surface area contributed by atoms with Gasteiger partial charge >= 0.3 is 0 Å². The van der Waals surface area contributed by atoms with Crippen LogP contribution < -0.4 is 15.8 Å². The first-order valence-corrected chi connectivity index (χ1v) is 14.2. The van der Waals surface area contributed by atoms with Crippen LogP contribution in [-0.2, 0) is 24.8 Å². The highest BCUT2D eigenvalue weighted by Crippen LogP contribution is 2.38. The van der Waals surface area contributed by atoms with Crippen LogP contribution in [0, 0.1) is 11.8 Å². The number of nitrogens with one attached hydrogen (secondary N) is 1. The van der Waals surface area contributed by atoms with Gasteiger partial charge in [0, 0.05) is 63.6 Å². The lowest BCUT2D eigenvalue weighted by atomic mass is 10.0. The molecule has 214 valence electrons. The maximum absolute atomic E-state index is 13.2. The van der Waals surface area contributed by atoms with Gasteiger partial charge in [-0.3, -0.25) is 9.59 Å². The maximum atomic E-state index is 13.2. The minimum Gasteiger partial charge on any atom is -0.476 e. The highest BCUT2D eigenvalue weighted by Gasteiger charge is 2.30. The van der Waals surface area contributed by atoms with Gasteiger partial charge in [0.25, 0.3) is 5.91 Å². The summed E-state index contributed by atoms with van der Waals surface area (Å²) in [6, 6.07) is 5.19. The summed E-state index contributed by atoms with van der Waals surface area (Å²) in [5, 5.41) is 3.86. The summed E-state index contributed by atoms with van der Waals surface area (Å²) in [7, 11) is 1.94. The minimum absolute atomic E-state index is 0.0547. The Balaban J connectivity index is 1.28. The second-order valence-corrected chi connectivity index (χ2v) is 11.6. The number of halogens is 1. The van der Waals surface area contributed by atoms with Crippen molar-refractivity contribution in [3.8, 4) is 17.4 Å². The zero-order chi connectivity index (χ0) is 28.2. The van der Waals surface area contributed by atoms with Crippen LogP contribution in [0.15, 0.2) is 24.4 Å². The van der Waals surface area contributed by atoms with Crippen molar-refractivity contribution < 1.29 is 18.7 Å². The SMILES string of the molecule is Cn1c(-c2cc3ccnc(OCC4CNC(=O)C4)c3n2CC2CC2)nc2cc3c(nc21)CCN(CC(N)CF)C3=O. The van der Waals surface area contributed by atoms with Gasteiger partial charge in [-0.1, -0.05) is 0 Å². The Bertz CT molecular complexity index is 1680. The second kappa shape index (κ2) is 10.1. The lowest BCUT2D eigenvalue weighted by Gasteiger charge is -2.29. The van der Waals surface area contributed by atoms with E-state index in [9.17, 15) is 14.0 Å². The standard InChI is InChI=1S/C29H33FN8O3/c1-36-26-22(10-20-21(34-26)5-7-37(29(20)40)14-19(31)11-30)35-27(36)23-9-18-4-6-32-28(25(18)38(23)13-16-2-3-16)41-15-17-8-24(39)33-12-17/h4,6,9-10,16-17,19H,2-3,5,7-8,11-15,31H2,1H3,(H,33,39). The molecule has 2 amide bonds. The highest BCUT2D eigenvalue weighted by atomic mass is 19.1. The minimum atomic E-state index is -0.701. The van der Waals surface area contributed by atoms with E-state index in [0.717, 1.165) is 34.7 Å². The van der Waals surface area contributed by atoms with Crippen LogP contribution in [0.5, 0.6) is 5.88 Å². The third-order valence-electron chi connectivity index (χ3n) is 8.37. The van der Waals surface area contributed by atoms with Crippen molar-refractivity contribution in [1.29, 1.82) is 0 Å². The Hall–Kier alpha value is -4.06. The first kappa shape index (κ1) is 25.9. The van der Waals surface area contributed by atoms with Gasteiger partial charge in [0.15, 0.2) is 11.5 Å². The Kier molecular flexibility index (Phi) is 6.37. The largest absolute Gasteiger partial charge is 0.476 e. The van der Waals surface area contributed by atoms with Gasteiger partial charge in [0.1, 0.15) is 17.7 Å². The van der Waals surface area contributed by atoms with Gasteiger partial charge in [0.05, 0.1) is 29.6 Å². The number of aryl methyl sites for hydroxylation is 1. The lowest BCUT2D eigenvalue weighted by Crippen LogP contribution is -2.45. The molecule has 11 nitrogen and oxygen atoms in total. The molecule has 1 aliphatic carbocycles. The van der Waals surface area contributed by atoms with Gasteiger partial charge in [-0.15, -0.1) is 0 Å². The number of pyridine rings is 2. The lowest BCUT2D eigenvalue weighted by molar-refractivity contribution is -0.119. The highest BCUT2D eigenvalue weighted by molar-refractivity contribution is 5.99. The number of carbonyl (C=O) groups excluding carboxylic acids is 2. The number of nitrogens with zero attached hydrogens (tertiary/aromatic N) is 6. The molecule has 2 aliphatic heterocycles. The van der Waals surface area contributed by atoms with E-state index in [0.29, 0.717) is 61.1 Å². The molecule has 3 aliphatic rings. The summed E-state index contributed by atoms with van der Waals surface area (Å²) in [5.74, 6) is 1.86. The number of carbonyl (C=O) groups is 2. The smallest absolute Gasteiger partial charge is 0.255 e. The van der Waals surface area contributed by atoms with E-state index in [1.807, 2.05) is 17.7 Å². The van der Waals surface area contributed by atoms with E-state index in [1.165, 1.54) is 12.8 Å². The molecule has 2 fully saturated rings. The number of hydrogen-bond donors (Lipinski definition) is 2. The van der Waals surface area contributed by atoms with Crippen molar-refractivity contribution in [3.63, 3.8) is 0 Å². The van der Waals surface area contributed by atoms with Crippen molar-refractivity contribution in [2.45, 2.75) is 38.3 Å². The molecule has 2 unspecified atom stereocenters. The van der Waals surface area contributed by atoms with Crippen LogP contribution in [0.4, 0.5) is 4.39 Å². The number of hydrogen-bond acceptors (Lipinski definition) is 7. The molecule has 1 saturated heterocycles. The zero-order valence-corrected chi connectivity index (χ0v) is 23.0. The Labute approximate surface area is 235 Å². The third kappa shape index (κ3) is 4.69. The second-order valence-electron chi connectivity index (χ2n) is 11.6. The summed E-state index contributed by atoms with van der Waals surface area (Å²) in [6.07, 6.45) is 5.13. The molecule has 7 rings (SSSR count). The summed E-state index contributed by atoms with van der Waals surface area (Å²) < 4.78 is 23.5. The Morgan fingerprint density at radius 2 is 2.07 bits per heavy atom. The molecule has 4 aromatic heterocycles. The van der Waals surface area contributed by atoms with E-state index < -0.39 is 12.7 Å². The zero-order valence-electron chi connectivity index (χ0n) is 23.0. The van der Waals surface area contributed by atoms with E-state index in [4.69, 9.17) is 20.4 Å². The Morgan fingerprint density at radius 1 is 1.22 bits per heavy atom. The van der Waals surface area contributed by atoms with Gasteiger partial charge in [0.2, 0.25) is 11.8 Å². The summed E-state index contributed by atoms with van der Waals surface area (Å²) in [5.41, 5.74) is 10.2. The number of imidazole rings is 1. The quantitative estimate of drug-likeness (QED) is 0.321. The molecule has 2 atom stereocenters. The monoisotopic (exact) mass is 560 g/mol. The Morgan fingerprint density at radius 3 is 2.83 bits per heavy atom. The first-order valence-electron chi connectivity index (χ1n) is 14.2. The molecule has 41 heavy (non-hydrogen) atoms. The fourth-order valence-electron chi connectivity index (χ4n) is 5.97. The van der Waals surface area contributed by atoms with E-state index in [1.54, 1.807) is 17.2 Å². The average Bonchev–Trinajstić information content (AvgIpc) is 3.45. The summed E-state index contributed by atoms with van der Waals surface area (Å²) in [4.78, 5) is 40.9. The van der Waals surface area contributed by atoms with Crippen LogP contribution in [0.2, 0.25) is 0 Å². The van der Waals surface area contributed by atoms with Crippen LogP contribution >= 0.6 is 0 Å². The molecule has 3 N–H and O–H groups in total. The van der Waals surface area contributed by atoms with Crippen LogP contribution in [0.1, 0.15) is 35.3 Å². The van der Waals surface area contributed by atoms with Gasteiger partial charge in [-0.25, -0.2) is 19.3 Å². The molecular weight excluding hydrogens is 527 g/mol. The van der Waals surface area contributed by atoms with Crippen molar-refractivity contribution >= 4 is 33.9 Å². The topological polar surface area (TPSA) is 133 Å². The molecule has 4 aromatic rings. The average molecular weight is 561 g/mol. The number of alkyl halides is 1. The number of ether oxygens (including phenoxy) is 1. The molecule has 0 bridgehead atoms. The molecule has 6 heterocycles. The van der Waals surface area contributed by atoms with E-state index >= 15 is 0 Å². The summed E-state index contributed by atoms with van der Waals surface area (Å²) in [6.45, 7) is 1.80. The number of fused-ring (bicyclic) bond motifs is 3. The van der Waals surface area contributed by atoms with Gasteiger partial charge < -0.3 is 29.8 Å². The van der Waals surface area contributed by atoms with Crippen molar-refractivity contribution in [1.82, 2.24) is 34.3 Å². The molecule has 12 heteroatoms. The van der Waals surface area contributed by atoms with Crippen LogP contribution in [0.25, 0.3) is 33.6 Å². The molecule has 0 radical (unpaired) electrons. The van der Waals surface area contributed by atoms with Crippen molar-refractivity contribution in [3.05, 3.63) is 35.7 Å². The van der Waals surface area contributed by atoms with Gasteiger partial charge in [-0.05, 0) is 37.0 Å². The predicted molar refractivity (Wildman–Crippen MR) is 150 cm³/mol. The number of aromatic nitrogens is 5. The number of amides is 2. The molecule has 1 saturated carbocycles.